The maximum Gasteiger partial charge on any atom is 0.260 e. The Bertz CT molecular complexity index is 634. The van der Waals surface area contributed by atoms with Gasteiger partial charge in [0.25, 0.3) is 5.91 Å². The Balaban J connectivity index is 2.32. The normalized spacial score (nSPS) is 10.2. The van der Waals surface area contributed by atoms with E-state index in [1.807, 2.05) is 6.92 Å². The van der Waals surface area contributed by atoms with Crippen LogP contribution in [0.4, 0.5) is 5.82 Å². The first kappa shape index (κ1) is 13.9. The largest absolute Gasteiger partial charge is 0.496 e. The van der Waals surface area contributed by atoms with Gasteiger partial charge in [-0.3, -0.25) is 4.79 Å². The molecule has 1 amide bonds. The number of ether oxygens (including phenoxy) is 2. The van der Waals surface area contributed by atoms with Crippen LogP contribution in [0.15, 0.2) is 22.7 Å². The predicted molar refractivity (Wildman–Crippen MR) is 73.5 cm³/mol. The summed E-state index contributed by atoms with van der Waals surface area (Å²) in [5, 5.41) is 6.37. The van der Waals surface area contributed by atoms with E-state index in [1.54, 1.807) is 32.2 Å². The van der Waals surface area contributed by atoms with Crippen LogP contribution in [0.2, 0.25) is 0 Å². The summed E-state index contributed by atoms with van der Waals surface area (Å²) in [7, 11) is 3.08. The van der Waals surface area contributed by atoms with Crippen molar-refractivity contribution in [2.45, 2.75) is 13.8 Å². The minimum Gasteiger partial charge on any atom is -0.496 e. The number of aryl methyl sites for hydroxylation is 1. The predicted octanol–water partition coefficient (Wildman–Crippen LogP) is 2.56. The highest BCUT2D eigenvalue weighted by atomic mass is 16.5. The molecule has 20 heavy (non-hydrogen) atoms. The number of methoxy groups -OCH3 is 2. The van der Waals surface area contributed by atoms with Gasteiger partial charge in [0, 0.05) is 11.6 Å². The maximum absolute atomic E-state index is 12.2. The van der Waals surface area contributed by atoms with Crippen LogP contribution in [-0.2, 0) is 0 Å². The molecule has 0 saturated carbocycles. The summed E-state index contributed by atoms with van der Waals surface area (Å²) in [5.74, 6) is 1.81. The highest BCUT2D eigenvalue weighted by molar-refractivity contribution is 6.06. The summed E-state index contributed by atoms with van der Waals surface area (Å²) in [6.07, 6.45) is 0. The summed E-state index contributed by atoms with van der Waals surface area (Å²) in [6, 6.07) is 5.01. The molecule has 6 nitrogen and oxygen atoms in total. The van der Waals surface area contributed by atoms with Crippen LogP contribution in [-0.4, -0.2) is 25.3 Å². The molecular weight excluding hydrogens is 260 g/mol. The Kier molecular flexibility index (Phi) is 3.93. The molecule has 0 radical (unpaired) electrons. The number of benzene rings is 1. The molecule has 6 heteroatoms. The number of anilines is 1. The Labute approximate surface area is 116 Å². The first-order chi connectivity index (χ1) is 9.56. The summed E-state index contributed by atoms with van der Waals surface area (Å²) in [4.78, 5) is 12.2. The van der Waals surface area contributed by atoms with Gasteiger partial charge in [-0.05, 0) is 26.0 Å². The lowest BCUT2D eigenvalue weighted by Gasteiger charge is -2.13. The Morgan fingerprint density at radius 2 is 2.00 bits per heavy atom. The van der Waals surface area contributed by atoms with Crippen molar-refractivity contribution in [2.24, 2.45) is 0 Å². The summed E-state index contributed by atoms with van der Waals surface area (Å²) in [5.41, 5.74) is 1.17. The Morgan fingerprint density at radius 3 is 2.55 bits per heavy atom. The summed E-state index contributed by atoms with van der Waals surface area (Å²) in [6.45, 7) is 3.58. The number of hydrogen-bond donors (Lipinski definition) is 1. The number of nitrogens with one attached hydrogen (secondary N) is 1. The van der Waals surface area contributed by atoms with Crippen LogP contribution in [0.3, 0.4) is 0 Å². The standard InChI is InChI=1S/C14H16N2O4/c1-8-7-12(16-20-8)15-14(17)10-5-6-11(18-3)9(2)13(10)19-4/h5-7H,1-4H3,(H,15,16,17). The number of rotatable bonds is 4. The molecule has 0 saturated heterocycles. The Morgan fingerprint density at radius 1 is 1.25 bits per heavy atom. The number of carbonyl (C=O) groups is 1. The first-order valence-corrected chi connectivity index (χ1v) is 6.03. The van der Waals surface area contributed by atoms with Gasteiger partial charge in [0.1, 0.15) is 17.3 Å². The van der Waals surface area contributed by atoms with E-state index in [0.29, 0.717) is 28.6 Å². The van der Waals surface area contributed by atoms with Gasteiger partial charge in [-0.2, -0.15) is 0 Å². The number of carbonyl (C=O) groups excluding carboxylic acids is 1. The molecule has 1 aromatic heterocycles. The average Bonchev–Trinajstić information content (AvgIpc) is 2.83. The lowest BCUT2D eigenvalue weighted by molar-refractivity contribution is 0.102. The number of nitrogens with zero attached hydrogens (tertiary/aromatic N) is 1. The molecule has 0 bridgehead atoms. The molecule has 2 rings (SSSR count). The van der Waals surface area contributed by atoms with Gasteiger partial charge in [-0.15, -0.1) is 0 Å². The molecule has 0 unspecified atom stereocenters. The lowest BCUT2D eigenvalue weighted by Crippen LogP contribution is -2.14. The van der Waals surface area contributed by atoms with Crippen molar-refractivity contribution in [3.8, 4) is 11.5 Å². The zero-order chi connectivity index (χ0) is 14.7. The van der Waals surface area contributed by atoms with Gasteiger partial charge in [0.2, 0.25) is 0 Å². The van der Waals surface area contributed by atoms with E-state index in [4.69, 9.17) is 14.0 Å². The fourth-order valence-corrected chi connectivity index (χ4v) is 1.95. The Hall–Kier alpha value is -2.50. The topological polar surface area (TPSA) is 73.6 Å². The number of amides is 1. The van der Waals surface area contributed by atoms with Crippen molar-refractivity contribution >= 4 is 11.7 Å². The van der Waals surface area contributed by atoms with Crippen molar-refractivity contribution in [1.29, 1.82) is 0 Å². The van der Waals surface area contributed by atoms with Crippen LogP contribution in [0, 0.1) is 13.8 Å². The SMILES string of the molecule is COc1ccc(C(=O)Nc2cc(C)on2)c(OC)c1C. The van der Waals surface area contributed by atoms with Crippen LogP contribution >= 0.6 is 0 Å². The van der Waals surface area contributed by atoms with Gasteiger partial charge in [0.15, 0.2) is 5.82 Å². The van der Waals surface area contributed by atoms with E-state index in [0.717, 1.165) is 5.56 Å². The summed E-state index contributed by atoms with van der Waals surface area (Å²) < 4.78 is 15.4. The molecule has 0 aliphatic carbocycles. The molecule has 0 aliphatic heterocycles. The molecule has 0 atom stereocenters. The molecule has 0 spiro atoms. The second kappa shape index (κ2) is 5.64. The van der Waals surface area contributed by atoms with E-state index in [2.05, 4.69) is 10.5 Å². The number of hydrogen-bond acceptors (Lipinski definition) is 5. The smallest absolute Gasteiger partial charge is 0.260 e. The second-order valence-corrected chi connectivity index (χ2v) is 4.25. The quantitative estimate of drug-likeness (QED) is 0.929. The highest BCUT2D eigenvalue weighted by Gasteiger charge is 2.18. The molecule has 1 N–H and O–H groups in total. The van der Waals surface area contributed by atoms with Gasteiger partial charge in [0.05, 0.1) is 19.8 Å². The third-order valence-electron chi connectivity index (χ3n) is 2.89. The molecular formula is C14H16N2O4. The fraction of sp³-hybridized carbons (Fsp3) is 0.286. The summed E-state index contributed by atoms with van der Waals surface area (Å²) >= 11 is 0. The maximum atomic E-state index is 12.2. The molecule has 1 heterocycles. The van der Waals surface area contributed by atoms with Crippen molar-refractivity contribution in [3.63, 3.8) is 0 Å². The van der Waals surface area contributed by atoms with Gasteiger partial charge < -0.3 is 19.3 Å². The second-order valence-electron chi connectivity index (χ2n) is 4.25. The molecule has 2 aromatic rings. The van der Waals surface area contributed by atoms with Crippen LogP contribution in [0.5, 0.6) is 11.5 Å². The van der Waals surface area contributed by atoms with E-state index >= 15 is 0 Å². The lowest BCUT2D eigenvalue weighted by atomic mass is 10.1. The van der Waals surface area contributed by atoms with Crippen molar-refractivity contribution < 1.29 is 18.8 Å². The zero-order valence-electron chi connectivity index (χ0n) is 11.8. The fourth-order valence-electron chi connectivity index (χ4n) is 1.95. The van der Waals surface area contributed by atoms with E-state index in [-0.39, 0.29) is 5.91 Å². The van der Waals surface area contributed by atoms with Crippen molar-refractivity contribution in [1.82, 2.24) is 5.16 Å². The van der Waals surface area contributed by atoms with Crippen LogP contribution in [0.25, 0.3) is 0 Å². The molecule has 106 valence electrons. The van der Waals surface area contributed by atoms with Crippen LogP contribution in [0.1, 0.15) is 21.7 Å². The monoisotopic (exact) mass is 276 g/mol. The minimum absolute atomic E-state index is 0.319. The highest BCUT2D eigenvalue weighted by Crippen LogP contribution is 2.31. The van der Waals surface area contributed by atoms with E-state index in [9.17, 15) is 4.79 Å². The third-order valence-corrected chi connectivity index (χ3v) is 2.89. The molecule has 0 aliphatic rings. The molecule has 0 fully saturated rings. The van der Waals surface area contributed by atoms with Gasteiger partial charge >= 0.3 is 0 Å². The first-order valence-electron chi connectivity index (χ1n) is 6.03. The van der Waals surface area contributed by atoms with Crippen LogP contribution < -0.4 is 14.8 Å². The van der Waals surface area contributed by atoms with E-state index < -0.39 is 0 Å². The van der Waals surface area contributed by atoms with Gasteiger partial charge in [-0.1, -0.05) is 5.16 Å². The number of aromatic nitrogens is 1. The molecule has 1 aromatic carbocycles. The van der Waals surface area contributed by atoms with Crippen molar-refractivity contribution in [3.05, 3.63) is 35.1 Å². The zero-order valence-corrected chi connectivity index (χ0v) is 11.8. The third kappa shape index (κ3) is 2.59. The minimum atomic E-state index is -0.319. The van der Waals surface area contributed by atoms with Crippen molar-refractivity contribution in [2.75, 3.05) is 19.5 Å². The average molecular weight is 276 g/mol. The van der Waals surface area contributed by atoms with E-state index in [1.165, 1.54) is 7.11 Å². The van der Waals surface area contributed by atoms with Gasteiger partial charge in [-0.25, -0.2) is 0 Å².